The van der Waals surface area contributed by atoms with Crippen molar-refractivity contribution in [3.05, 3.63) is 53.6 Å². The Morgan fingerprint density at radius 3 is 2.65 bits per heavy atom. The Morgan fingerprint density at radius 1 is 1.15 bits per heavy atom. The molecule has 2 aromatic rings. The fourth-order valence-electron chi connectivity index (χ4n) is 2.49. The summed E-state index contributed by atoms with van der Waals surface area (Å²) in [6.07, 6.45) is 0. The quantitative estimate of drug-likeness (QED) is 0.755. The molecule has 0 radical (unpaired) electrons. The Bertz CT molecular complexity index is 684. The van der Waals surface area contributed by atoms with Crippen molar-refractivity contribution >= 4 is 22.8 Å². The Balaban J connectivity index is 2.31. The summed E-state index contributed by atoms with van der Waals surface area (Å²) in [5, 5.41) is 0. The molecule has 20 heavy (non-hydrogen) atoms. The van der Waals surface area contributed by atoms with E-state index in [9.17, 15) is 9.35 Å². The predicted octanol–water partition coefficient (Wildman–Crippen LogP) is 3.14. The topological polar surface area (TPSA) is 43.4 Å². The molecule has 0 saturated carbocycles. The molecule has 2 aromatic carbocycles. The van der Waals surface area contributed by atoms with Gasteiger partial charge in [0.15, 0.2) is 9.79 Å². The smallest absolute Gasteiger partial charge is 0.263 e. The largest absolute Gasteiger partial charge is 0.606 e. The maximum absolute atomic E-state index is 12.8. The van der Waals surface area contributed by atoms with E-state index in [-0.39, 0.29) is 5.91 Å². The Labute approximate surface area is 121 Å². The predicted molar refractivity (Wildman–Crippen MR) is 79.6 cm³/mol. The normalized spacial score (nSPS) is 17.4. The number of carbonyl (C=O) groups is 1. The lowest BCUT2D eigenvalue weighted by Crippen LogP contribution is -2.30. The number of carbonyl (C=O) groups excluding carboxylic acids is 1. The summed E-state index contributed by atoms with van der Waals surface area (Å²) < 4.78 is 12.8. The lowest BCUT2D eigenvalue weighted by molar-refractivity contribution is 0.0985. The van der Waals surface area contributed by atoms with Gasteiger partial charge in [-0.15, -0.1) is 0 Å². The van der Waals surface area contributed by atoms with Crippen LogP contribution in [0.4, 0.5) is 5.69 Å². The molecule has 4 heteroatoms. The molecule has 0 aromatic heterocycles. The third-order valence-corrected chi connectivity index (χ3v) is 4.98. The number of benzene rings is 2. The van der Waals surface area contributed by atoms with Crippen molar-refractivity contribution in [1.29, 1.82) is 0 Å². The van der Waals surface area contributed by atoms with E-state index in [1.807, 2.05) is 44.2 Å². The van der Waals surface area contributed by atoms with Gasteiger partial charge in [0.25, 0.3) is 5.91 Å². The molecule has 0 saturated heterocycles. The van der Waals surface area contributed by atoms with Gasteiger partial charge in [-0.3, -0.25) is 4.79 Å². The summed E-state index contributed by atoms with van der Waals surface area (Å²) >= 11 is -1.32. The fourth-order valence-corrected chi connectivity index (χ4v) is 3.83. The molecular weight excluding hydrogens is 270 g/mol. The monoisotopic (exact) mass is 285 g/mol. The summed E-state index contributed by atoms with van der Waals surface area (Å²) in [4.78, 5) is 15.7. The van der Waals surface area contributed by atoms with Crippen molar-refractivity contribution in [2.75, 3.05) is 11.4 Å². The highest BCUT2D eigenvalue weighted by Crippen LogP contribution is 2.36. The van der Waals surface area contributed by atoms with Crippen LogP contribution in [-0.4, -0.2) is 17.0 Å². The van der Waals surface area contributed by atoms with Crippen molar-refractivity contribution in [2.45, 2.75) is 23.6 Å². The van der Waals surface area contributed by atoms with Crippen LogP contribution in [0.15, 0.2) is 52.3 Å². The molecule has 1 aliphatic rings. The first-order valence-corrected chi connectivity index (χ1v) is 7.71. The SMILES string of the molecule is CCN1C(=O)c2ccccc2[S@+]([O-])c2ccc(C)cc21. The number of anilines is 1. The van der Waals surface area contributed by atoms with E-state index in [1.54, 1.807) is 17.0 Å². The maximum Gasteiger partial charge on any atom is 0.263 e. The summed E-state index contributed by atoms with van der Waals surface area (Å²) in [6, 6.07) is 12.9. The molecule has 102 valence electrons. The molecule has 3 nitrogen and oxygen atoms in total. The highest BCUT2D eigenvalue weighted by Gasteiger charge is 2.34. The molecular formula is C16H15NO2S. The first-order valence-electron chi connectivity index (χ1n) is 6.56. The minimum atomic E-state index is -1.32. The van der Waals surface area contributed by atoms with E-state index in [2.05, 4.69) is 0 Å². The zero-order valence-electron chi connectivity index (χ0n) is 11.4. The molecule has 0 fully saturated rings. The molecule has 0 aliphatic carbocycles. The maximum atomic E-state index is 12.8. The molecule has 0 spiro atoms. The number of amides is 1. The zero-order valence-corrected chi connectivity index (χ0v) is 12.2. The minimum absolute atomic E-state index is 0.0826. The van der Waals surface area contributed by atoms with Gasteiger partial charge in [-0.2, -0.15) is 0 Å². The highest BCUT2D eigenvalue weighted by atomic mass is 32.2. The van der Waals surface area contributed by atoms with Gasteiger partial charge in [0.05, 0.1) is 5.56 Å². The molecule has 1 amide bonds. The fraction of sp³-hybridized carbons (Fsp3) is 0.188. The average molecular weight is 285 g/mol. The Hall–Kier alpha value is -1.78. The molecule has 3 rings (SSSR count). The number of hydrogen-bond acceptors (Lipinski definition) is 2. The minimum Gasteiger partial charge on any atom is -0.606 e. The summed E-state index contributed by atoms with van der Waals surface area (Å²) in [7, 11) is 0. The van der Waals surface area contributed by atoms with E-state index >= 15 is 0 Å². The first-order chi connectivity index (χ1) is 9.63. The van der Waals surface area contributed by atoms with Crippen LogP contribution in [0, 0.1) is 6.92 Å². The summed E-state index contributed by atoms with van der Waals surface area (Å²) in [6.45, 7) is 4.46. The molecule has 0 unspecified atom stereocenters. The third-order valence-electron chi connectivity index (χ3n) is 3.48. The van der Waals surface area contributed by atoms with Gasteiger partial charge in [0, 0.05) is 17.7 Å². The van der Waals surface area contributed by atoms with Crippen molar-refractivity contribution in [3.8, 4) is 0 Å². The van der Waals surface area contributed by atoms with Crippen molar-refractivity contribution < 1.29 is 9.35 Å². The van der Waals surface area contributed by atoms with Crippen LogP contribution in [-0.2, 0) is 11.2 Å². The summed E-state index contributed by atoms with van der Waals surface area (Å²) in [5.74, 6) is -0.0826. The van der Waals surface area contributed by atoms with Crippen molar-refractivity contribution in [2.24, 2.45) is 0 Å². The van der Waals surface area contributed by atoms with E-state index in [1.165, 1.54) is 0 Å². The molecule has 0 N–H and O–H groups in total. The van der Waals surface area contributed by atoms with Gasteiger partial charge >= 0.3 is 0 Å². The molecule has 1 aliphatic heterocycles. The van der Waals surface area contributed by atoms with Crippen LogP contribution in [0.3, 0.4) is 0 Å². The van der Waals surface area contributed by atoms with Crippen molar-refractivity contribution in [3.63, 3.8) is 0 Å². The van der Waals surface area contributed by atoms with Crippen LogP contribution in [0.2, 0.25) is 0 Å². The molecule has 1 atom stereocenters. The van der Waals surface area contributed by atoms with E-state index in [0.29, 0.717) is 21.9 Å². The zero-order chi connectivity index (χ0) is 14.3. The van der Waals surface area contributed by atoms with Crippen LogP contribution in [0.25, 0.3) is 0 Å². The second-order valence-corrected chi connectivity index (χ2v) is 6.20. The standard InChI is InChI=1S/C16H15NO2S/c1-3-17-13-10-11(2)8-9-15(13)20(19)14-7-5-4-6-12(14)16(17)18/h4-10H,3H2,1-2H3/t20-/m0/s1. The lowest BCUT2D eigenvalue weighted by Gasteiger charge is -2.20. The Kier molecular flexibility index (Phi) is 3.28. The lowest BCUT2D eigenvalue weighted by atomic mass is 10.1. The van der Waals surface area contributed by atoms with E-state index in [4.69, 9.17) is 0 Å². The van der Waals surface area contributed by atoms with Crippen LogP contribution in [0.1, 0.15) is 22.8 Å². The van der Waals surface area contributed by atoms with Gasteiger partial charge < -0.3 is 9.45 Å². The number of rotatable bonds is 1. The summed E-state index contributed by atoms with van der Waals surface area (Å²) in [5.41, 5.74) is 2.34. The van der Waals surface area contributed by atoms with E-state index in [0.717, 1.165) is 11.3 Å². The van der Waals surface area contributed by atoms with Gasteiger partial charge in [-0.1, -0.05) is 18.2 Å². The highest BCUT2D eigenvalue weighted by molar-refractivity contribution is 7.91. The molecule has 0 bridgehead atoms. The van der Waals surface area contributed by atoms with Gasteiger partial charge in [-0.05, 0) is 43.7 Å². The van der Waals surface area contributed by atoms with Gasteiger partial charge in [-0.25, -0.2) is 0 Å². The number of hydrogen-bond donors (Lipinski definition) is 0. The number of nitrogens with zero attached hydrogens (tertiary/aromatic N) is 1. The second-order valence-electron chi connectivity index (χ2n) is 4.79. The van der Waals surface area contributed by atoms with Crippen LogP contribution in [0.5, 0.6) is 0 Å². The van der Waals surface area contributed by atoms with Crippen LogP contribution < -0.4 is 4.90 Å². The first kappa shape index (κ1) is 13.2. The third kappa shape index (κ3) is 1.92. The van der Waals surface area contributed by atoms with Gasteiger partial charge in [0.1, 0.15) is 5.69 Å². The van der Waals surface area contributed by atoms with E-state index < -0.39 is 11.2 Å². The number of fused-ring (bicyclic) bond motifs is 2. The van der Waals surface area contributed by atoms with Crippen LogP contribution >= 0.6 is 0 Å². The second kappa shape index (κ2) is 4.96. The van der Waals surface area contributed by atoms with Crippen molar-refractivity contribution in [1.82, 2.24) is 0 Å². The van der Waals surface area contributed by atoms with Gasteiger partial charge in [0.2, 0.25) is 0 Å². The average Bonchev–Trinajstić information content (AvgIpc) is 2.55. The molecule has 1 heterocycles. The Morgan fingerprint density at radius 2 is 1.90 bits per heavy atom. The number of aryl methyl sites for hydroxylation is 1.